The first kappa shape index (κ1) is 23.6. The molecular formula is C24H34FN5O2. The third-order valence-corrected chi connectivity index (χ3v) is 5.19. The molecule has 174 valence electrons. The van der Waals surface area contributed by atoms with E-state index in [1.807, 2.05) is 37.8 Å². The maximum absolute atomic E-state index is 14.0. The topological polar surface area (TPSA) is 71.0 Å². The highest BCUT2D eigenvalue weighted by molar-refractivity contribution is 5.80. The van der Waals surface area contributed by atoms with Crippen molar-refractivity contribution in [2.45, 2.75) is 39.7 Å². The number of ether oxygens (including phenoxy) is 2. The number of nitrogens with zero attached hydrogens (tertiary/aromatic N) is 3. The van der Waals surface area contributed by atoms with E-state index in [1.54, 1.807) is 12.3 Å². The second-order valence-electron chi connectivity index (χ2n) is 7.54. The number of rotatable bonds is 10. The highest BCUT2D eigenvalue weighted by Crippen LogP contribution is 2.28. The van der Waals surface area contributed by atoms with Crippen molar-refractivity contribution in [1.29, 1.82) is 0 Å². The van der Waals surface area contributed by atoms with E-state index in [9.17, 15) is 4.39 Å². The summed E-state index contributed by atoms with van der Waals surface area (Å²) in [5.74, 6) is 2.45. The van der Waals surface area contributed by atoms with E-state index < -0.39 is 0 Å². The molecule has 1 aromatic heterocycles. The number of benzene rings is 1. The standard InChI is InChI=1S/C24H34FN5O2/c1-4-26-24(29-19-12-15-30(17-19)23-20(25)8-7-13-27-23)28-14-11-18-9-10-21(31-5-2)22(16-18)32-6-3/h7-10,13,16,19H,4-6,11-12,14-15,17H2,1-3H3,(H2,26,28,29). The SMILES string of the molecule is CCNC(=NCCc1ccc(OCC)c(OCC)c1)NC1CCN(c2ncccc2F)C1. The molecule has 0 saturated carbocycles. The number of aromatic nitrogens is 1. The van der Waals surface area contributed by atoms with Gasteiger partial charge >= 0.3 is 0 Å². The van der Waals surface area contributed by atoms with Crippen LogP contribution in [0.25, 0.3) is 0 Å². The van der Waals surface area contributed by atoms with Gasteiger partial charge in [0.2, 0.25) is 0 Å². The fourth-order valence-electron chi connectivity index (χ4n) is 3.74. The van der Waals surface area contributed by atoms with Gasteiger partial charge in [-0.25, -0.2) is 9.37 Å². The average molecular weight is 444 g/mol. The summed E-state index contributed by atoms with van der Waals surface area (Å²) in [6.45, 7) is 10.0. The summed E-state index contributed by atoms with van der Waals surface area (Å²) in [6.07, 6.45) is 3.32. The van der Waals surface area contributed by atoms with Gasteiger partial charge in [0.25, 0.3) is 0 Å². The van der Waals surface area contributed by atoms with Crippen LogP contribution in [0.15, 0.2) is 41.5 Å². The molecule has 2 N–H and O–H groups in total. The molecule has 1 unspecified atom stereocenters. The van der Waals surface area contributed by atoms with Gasteiger partial charge in [-0.05, 0) is 63.4 Å². The van der Waals surface area contributed by atoms with Crippen molar-refractivity contribution in [2.75, 3.05) is 44.3 Å². The van der Waals surface area contributed by atoms with Crippen LogP contribution in [0.2, 0.25) is 0 Å². The zero-order chi connectivity index (χ0) is 22.8. The number of aliphatic imine (C=N–C) groups is 1. The first-order valence-electron chi connectivity index (χ1n) is 11.4. The molecule has 3 rings (SSSR count). The molecule has 7 nitrogen and oxygen atoms in total. The van der Waals surface area contributed by atoms with Crippen molar-refractivity contribution in [3.8, 4) is 11.5 Å². The van der Waals surface area contributed by atoms with Crippen LogP contribution in [-0.4, -0.2) is 56.4 Å². The molecule has 0 amide bonds. The molecule has 2 heterocycles. The number of hydrogen-bond donors (Lipinski definition) is 2. The van der Waals surface area contributed by atoms with Gasteiger partial charge in [-0.2, -0.15) is 0 Å². The molecule has 1 aromatic carbocycles. The largest absolute Gasteiger partial charge is 0.490 e. The Balaban J connectivity index is 1.57. The number of anilines is 1. The Kier molecular flexibility index (Phi) is 8.95. The predicted molar refractivity (Wildman–Crippen MR) is 126 cm³/mol. The number of halogens is 1. The molecule has 1 fully saturated rings. The van der Waals surface area contributed by atoms with E-state index in [0.29, 0.717) is 32.1 Å². The molecule has 0 radical (unpaired) electrons. The van der Waals surface area contributed by atoms with Crippen LogP contribution in [-0.2, 0) is 6.42 Å². The van der Waals surface area contributed by atoms with E-state index in [1.165, 1.54) is 6.07 Å². The summed E-state index contributed by atoms with van der Waals surface area (Å²) in [5, 5.41) is 6.79. The van der Waals surface area contributed by atoms with Crippen molar-refractivity contribution in [1.82, 2.24) is 15.6 Å². The Morgan fingerprint density at radius 1 is 1.19 bits per heavy atom. The molecule has 0 spiro atoms. The van der Waals surface area contributed by atoms with Crippen LogP contribution in [0.3, 0.4) is 0 Å². The highest BCUT2D eigenvalue weighted by Gasteiger charge is 2.25. The van der Waals surface area contributed by atoms with E-state index in [4.69, 9.17) is 14.5 Å². The van der Waals surface area contributed by atoms with Crippen LogP contribution in [0.4, 0.5) is 10.2 Å². The van der Waals surface area contributed by atoms with Crippen molar-refractivity contribution in [2.24, 2.45) is 4.99 Å². The van der Waals surface area contributed by atoms with Gasteiger partial charge < -0.3 is 25.0 Å². The average Bonchev–Trinajstić information content (AvgIpc) is 3.24. The maximum atomic E-state index is 14.0. The third kappa shape index (κ3) is 6.48. The molecule has 1 atom stereocenters. The van der Waals surface area contributed by atoms with Gasteiger partial charge in [-0.15, -0.1) is 0 Å². The Morgan fingerprint density at radius 3 is 2.75 bits per heavy atom. The molecule has 1 saturated heterocycles. The van der Waals surface area contributed by atoms with Gasteiger partial charge in [0.1, 0.15) is 0 Å². The second kappa shape index (κ2) is 12.1. The maximum Gasteiger partial charge on any atom is 0.191 e. The Labute approximate surface area is 190 Å². The Morgan fingerprint density at radius 2 is 2.00 bits per heavy atom. The molecule has 1 aliphatic rings. The third-order valence-electron chi connectivity index (χ3n) is 5.19. The normalized spacial score (nSPS) is 16.2. The number of nitrogens with one attached hydrogen (secondary N) is 2. The minimum absolute atomic E-state index is 0.184. The first-order valence-corrected chi connectivity index (χ1v) is 11.4. The fraction of sp³-hybridized carbons (Fsp3) is 0.500. The summed E-state index contributed by atoms with van der Waals surface area (Å²) in [4.78, 5) is 10.9. The lowest BCUT2D eigenvalue weighted by Gasteiger charge is -2.20. The van der Waals surface area contributed by atoms with E-state index >= 15 is 0 Å². The van der Waals surface area contributed by atoms with Gasteiger partial charge in [-0.3, -0.25) is 4.99 Å². The molecule has 8 heteroatoms. The smallest absolute Gasteiger partial charge is 0.191 e. The van der Waals surface area contributed by atoms with Crippen molar-refractivity contribution >= 4 is 11.8 Å². The number of pyridine rings is 1. The van der Waals surface area contributed by atoms with Crippen LogP contribution in [0.5, 0.6) is 11.5 Å². The monoisotopic (exact) mass is 443 g/mol. The quantitative estimate of drug-likeness (QED) is 0.433. The van der Waals surface area contributed by atoms with Crippen molar-refractivity contribution < 1.29 is 13.9 Å². The molecular weight excluding hydrogens is 409 g/mol. The van der Waals surface area contributed by atoms with Gasteiger partial charge in [-0.1, -0.05) is 6.07 Å². The Hall–Kier alpha value is -3.03. The minimum Gasteiger partial charge on any atom is -0.490 e. The molecule has 0 bridgehead atoms. The van der Waals surface area contributed by atoms with Crippen LogP contribution < -0.4 is 25.0 Å². The zero-order valence-corrected chi connectivity index (χ0v) is 19.2. The van der Waals surface area contributed by atoms with Crippen LogP contribution >= 0.6 is 0 Å². The summed E-state index contributed by atoms with van der Waals surface area (Å²) in [6, 6.07) is 9.29. The van der Waals surface area contributed by atoms with Crippen molar-refractivity contribution in [3.63, 3.8) is 0 Å². The lowest BCUT2D eigenvalue weighted by atomic mass is 10.1. The lowest BCUT2D eigenvalue weighted by Crippen LogP contribution is -2.44. The summed E-state index contributed by atoms with van der Waals surface area (Å²) < 4.78 is 25.4. The summed E-state index contributed by atoms with van der Waals surface area (Å²) in [5.41, 5.74) is 1.15. The lowest BCUT2D eigenvalue weighted by molar-refractivity contribution is 0.287. The molecule has 1 aliphatic heterocycles. The van der Waals surface area contributed by atoms with E-state index in [2.05, 4.69) is 21.7 Å². The molecule has 2 aromatic rings. The van der Waals surface area contributed by atoms with E-state index in [0.717, 1.165) is 49.0 Å². The first-order chi connectivity index (χ1) is 15.6. The molecule has 32 heavy (non-hydrogen) atoms. The summed E-state index contributed by atoms with van der Waals surface area (Å²) in [7, 11) is 0. The second-order valence-corrected chi connectivity index (χ2v) is 7.54. The summed E-state index contributed by atoms with van der Waals surface area (Å²) >= 11 is 0. The highest BCUT2D eigenvalue weighted by atomic mass is 19.1. The molecule has 0 aliphatic carbocycles. The van der Waals surface area contributed by atoms with Crippen molar-refractivity contribution in [3.05, 3.63) is 47.9 Å². The van der Waals surface area contributed by atoms with Gasteiger partial charge in [0.05, 0.1) is 13.2 Å². The van der Waals surface area contributed by atoms with Crippen LogP contribution in [0.1, 0.15) is 32.8 Å². The minimum atomic E-state index is -0.282. The number of guanidine groups is 1. The van der Waals surface area contributed by atoms with Gasteiger partial charge in [0.15, 0.2) is 29.1 Å². The predicted octanol–water partition coefficient (Wildman–Crippen LogP) is 3.39. The number of hydrogen-bond acceptors (Lipinski definition) is 5. The Bertz CT molecular complexity index is 892. The van der Waals surface area contributed by atoms with Gasteiger partial charge in [0, 0.05) is 38.4 Å². The fourth-order valence-corrected chi connectivity index (χ4v) is 3.74. The van der Waals surface area contributed by atoms with Crippen LogP contribution in [0, 0.1) is 5.82 Å². The zero-order valence-electron chi connectivity index (χ0n) is 19.2. The van der Waals surface area contributed by atoms with E-state index in [-0.39, 0.29) is 11.9 Å².